The number of hydrogen-bond donors (Lipinski definition) is 0. The van der Waals surface area contributed by atoms with Crippen molar-refractivity contribution in [2.45, 2.75) is 90.9 Å². The van der Waals surface area contributed by atoms with E-state index in [1.807, 2.05) is 6.07 Å². The highest BCUT2D eigenvalue weighted by atomic mass is 16.5. The number of rotatable bonds is 12. The third kappa shape index (κ3) is 5.65. The van der Waals surface area contributed by atoms with E-state index in [0.717, 1.165) is 24.8 Å². The summed E-state index contributed by atoms with van der Waals surface area (Å²) in [6.07, 6.45) is 15.1. The van der Waals surface area contributed by atoms with Gasteiger partial charge in [0, 0.05) is 0 Å². The van der Waals surface area contributed by atoms with E-state index >= 15 is 0 Å². The summed E-state index contributed by atoms with van der Waals surface area (Å²) in [6.45, 7) is 4.95. The highest BCUT2D eigenvalue weighted by Crippen LogP contribution is 2.28. The Balaban J connectivity index is 1.51. The molecule has 24 heavy (non-hydrogen) atoms. The van der Waals surface area contributed by atoms with Crippen molar-refractivity contribution < 1.29 is 9.53 Å². The Morgan fingerprint density at radius 2 is 1.54 bits per heavy atom. The number of unbranched alkanes of at least 4 members (excludes halogenated alkanes) is 9. The van der Waals surface area contributed by atoms with Gasteiger partial charge < -0.3 is 4.74 Å². The predicted molar refractivity (Wildman–Crippen MR) is 101 cm³/mol. The van der Waals surface area contributed by atoms with Crippen molar-refractivity contribution in [1.82, 2.24) is 0 Å². The number of carbonyl (C=O) groups excluding carboxylic acids is 1. The Hall–Kier alpha value is -1.31. The normalized spacial score (nSPS) is 12.6. The summed E-state index contributed by atoms with van der Waals surface area (Å²) in [7, 11) is 0. The van der Waals surface area contributed by atoms with E-state index in [2.05, 4.69) is 19.9 Å². The van der Waals surface area contributed by atoms with Crippen LogP contribution in [0.25, 0.3) is 0 Å². The highest BCUT2D eigenvalue weighted by molar-refractivity contribution is 5.92. The van der Waals surface area contributed by atoms with E-state index in [-0.39, 0.29) is 5.97 Å². The van der Waals surface area contributed by atoms with Crippen LogP contribution in [0.3, 0.4) is 0 Å². The van der Waals surface area contributed by atoms with Gasteiger partial charge in [-0.2, -0.15) is 0 Å². The van der Waals surface area contributed by atoms with Gasteiger partial charge in [0.05, 0.1) is 12.2 Å². The first kappa shape index (κ1) is 19.0. The Morgan fingerprint density at radius 1 is 0.917 bits per heavy atom. The van der Waals surface area contributed by atoms with Crippen molar-refractivity contribution in [3.05, 3.63) is 34.4 Å². The summed E-state index contributed by atoms with van der Waals surface area (Å²) in [4.78, 5) is 12.2. The van der Waals surface area contributed by atoms with Gasteiger partial charge in [0.1, 0.15) is 0 Å². The minimum Gasteiger partial charge on any atom is -0.462 e. The number of ether oxygens (including phenoxy) is 1. The van der Waals surface area contributed by atoms with Gasteiger partial charge >= 0.3 is 5.97 Å². The van der Waals surface area contributed by atoms with Gasteiger partial charge in [0.25, 0.3) is 0 Å². The summed E-state index contributed by atoms with van der Waals surface area (Å²) >= 11 is 0. The molecule has 0 spiro atoms. The number of aryl methyl sites for hydroxylation is 1. The lowest BCUT2D eigenvalue weighted by molar-refractivity contribution is 0.0496. The Labute approximate surface area is 148 Å². The van der Waals surface area contributed by atoms with Crippen molar-refractivity contribution in [2.24, 2.45) is 0 Å². The number of fused-ring (bicyclic) bond motifs is 2. The van der Waals surface area contributed by atoms with E-state index in [0.29, 0.717) is 6.61 Å². The largest absolute Gasteiger partial charge is 0.462 e. The van der Waals surface area contributed by atoms with Crippen LogP contribution in [0.4, 0.5) is 0 Å². The fraction of sp³-hybridized carbons (Fsp3) is 0.682. The maximum atomic E-state index is 12.2. The third-order valence-electron chi connectivity index (χ3n) is 5.31. The summed E-state index contributed by atoms with van der Waals surface area (Å²) in [5.74, 6) is -0.127. The number of hydrogen-bond acceptors (Lipinski definition) is 2. The van der Waals surface area contributed by atoms with Crippen LogP contribution in [0.1, 0.15) is 98.2 Å². The van der Waals surface area contributed by atoms with E-state index in [9.17, 15) is 4.79 Å². The maximum Gasteiger partial charge on any atom is 0.338 e. The Bertz CT molecular complexity index is 519. The van der Waals surface area contributed by atoms with E-state index < -0.39 is 0 Å². The van der Waals surface area contributed by atoms with Crippen LogP contribution >= 0.6 is 0 Å². The quantitative estimate of drug-likeness (QED) is 0.338. The molecule has 0 saturated heterocycles. The molecule has 0 heterocycles. The van der Waals surface area contributed by atoms with Crippen molar-refractivity contribution in [1.29, 1.82) is 0 Å². The molecule has 0 atom stereocenters. The standard InChI is InChI=1S/C22H34O2/c1-3-4-5-6-7-8-9-10-11-12-17-24-22(23)21-16-14-19-13-15-20(21)18(19)2/h14,16H,3-13,15,17H2,1-2H3. The molecule has 0 aliphatic heterocycles. The number of esters is 1. The molecule has 134 valence electrons. The molecule has 0 N–H and O–H groups in total. The molecule has 0 fully saturated rings. The second-order valence-electron chi connectivity index (χ2n) is 7.19. The van der Waals surface area contributed by atoms with Gasteiger partial charge in [-0.15, -0.1) is 0 Å². The highest BCUT2D eigenvalue weighted by Gasteiger charge is 2.21. The van der Waals surface area contributed by atoms with Crippen LogP contribution < -0.4 is 0 Å². The van der Waals surface area contributed by atoms with Crippen LogP contribution in [-0.2, 0) is 17.6 Å². The van der Waals surface area contributed by atoms with Gasteiger partial charge in [-0.25, -0.2) is 4.79 Å². The van der Waals surface area contributed by atoms with Crippen LogP contribution in [0.2, 0.25) is 0 Å². The van der Waals surface area contributed by atoms with Crippen LogP contribution in [-0.4, -0.2) is 12.6 Å². The lowest BCUT2D eigenvalue weighted by atomic mass is 10.0. The van der Waals surface area contributed by atoms with Crippen molar-refractivity contribution in [2.75, 3.05) is 6.61 Å². The predicted octanol–water partition coefficient (Wildman–Crippen LogP) is 6.17. The molecule has 0 unspecified atom stereocenters. The SMILES string of the molecule is CCCCCCCCCCCCOC(=O)c1ccc2c(C)c1CC2. The number of carbonyl (C=O) groups is 1. The molecule has 1 aromatic carbocycles. The second kappa shape index (κ2) is 10.5. The van der Waals surface area contributed by atoms with E-state index in [1.165, 1.54) is 74.5 Å². The van der Waals surface area contributed by atoms with E-state index in [4.69, 9.17) is 4.74 Å². The van der Waals surface area contributed by atoms with Gasteiger partial charge in [-0.05, 0) is 48.9 Å². The minimum absolute atomic E-state index is 0.127. The molecule has 1 aliphatic carbocycles. The van der Waals surface area contributed by atoms with Gasteiger partial charge in [0.15, 0.2) is 0 Å². The first-order valence-electron chi connectivity index (χ1n) is 10.0. The summed E-state index contributed by atoms with van der Waals surface area (Å²) in [5.41, 5.74) is 4.68. The van der Waals surface area contributed by atoms with Gasteiger partial charge in [0.2, 0.25) is 0 Å². The zero-order chi connectivity index (χ0) is 17.2. The Kier molecular flexibility index (Phi) is 8.35. The monoisotopic (exact) mass is 330 g/mol. The number of benzene rings is 1. The van der Waals surface area contributed by atoms with Crippen LogP contribution in [0.15, 0.2) is 12.1 Å². The van der Waals surface area contributed by atoms with Gasteiger partial charge in [-0.3, -0.25) is 0 Å². The lowest BCUT2D eigenvalue weighted by Gasteiger charge is -2.08. The van der Waals surface area contributed by atoms with Gasteiger partial charge in [-0.1, -0.05) is 70.8 Å². The molecule has 2 bridgehead atoms. The molecule has 1 aromatic rings. The lowest BCUT2D eigenvalue weighted by Crippen LogP contribution is -2.09. The second-order valence-corrected chi connectivity index (χ2v) is 7.19. The van der Waals surface area contributed by atoms with Crippen molar-refractivity contribution >= 4 is 5.97 Å². The minimum atomic E-state index is -0.127. The summed E-state index contributed by atoms with van der Waals surface area (Å²) in [5, 5.41) is 0. The molecule has 1 aliphatic rings. The van der Waals surface area contributed by atoms with Crippen molar-refractivity contribution in [3.63, 3.8) is 0 Å². The third-order valence-corrected chi connectivity index (χ3v) is 5.31. The molecule has 0 amide bonds. The van der Waals surface area contributed by atoms with Crippen LogP contribution in [0.5, 0.6) is 0 Å². The molecule has 0 radical (unpaired) electrons. The average Bonchev–Trinajstić information content (AvgIpc) is 2.82. The topological polar surface area (TPSA) is 26.3 Å². The maximum absolute atomic E-state index is 12.2. The van der Waals surface area contributed by atoms with Crippen LogP contribution in [0, 0.1) is 6.92 Å². The summed E-state index contributed by atoms with van der Waals surface area (Å²) < 4.78 is 5.48. The molecule has 2 nitrogen and oxygen atoms in total. The zero-order valence-corrected chi connectivity index (χ0v) is 15.7. The van der Waals surface area contributed by atoms with E-state index in [1.54, 1.807) is 0 Å². The molecule has 2 rings (SSSR count). The molecular weight excluding hydrogens is 296 g/mol. The fourth-order valence-electron chi connectivity index (χ4n) is 3.68. The molecule has 0 aromatic heterocycles. The fourth-order valence-corrected chi connectivity index (χ4v) is 3.68. The van der Waals surface area contributed by atoms with Crippen molar-refractivity contribution in [3.8, 4) is 0 Å². The summed E-state index contributed by atoms with van der Waals surface area (Å²) in [6, 6.07) is 4.04. The average molecular weight is 331 g/mol. The zero-order valence-electron chi connectivity index (χ0n) is 15.7. The molecule has 0 saturated carbocycles. The smallest absolute Gasteiger partial charge is 0.338 e. The molecular formula is C22H34O2. The first-order chi connectivity index (χ1) is 11.7. The Morgan fingerprint density at radius 3 is 2.21 bits per heavy atom. The molecule has 2 heteroatoms. The first-order valence-corrected chi connectivity index (χ1v) is 10.0.